The highest BCUT2D eigenvalue weighted by Crippen LogP contribution is 2.39. The van der Waals surface area contributed by atoms with Gasteiger partial charge in [0, 0.05) is 23.9 Å². The van der Waals surface area contributed by atoms with Gasteiger partial charge in [-0.3, -0.25) is 9.89 Å². The quantitative estimate of drug-likeness (QED) is 0.750. The van der Waals surface area contributed by atoms with Crippen molar-refractivity contribution < 1.29 is 4.79 Å². The van der Waals surface area contributed by atoms with Gasteiger partial charge in [-0.1, -0.05) is 0 Å². The molecule has 0 saturated heterocycles. The average molecular weight is 332 g/mol. The predicted molar refractivity (Wildman–Crippen MR) is 91.2 cm³/mol. The Balaban J connectivity index is 1.39. The normalized spacial score (nSPS) is 13.4. The first-order chi connectivity index (χ1) is 12.2. The SMILES string of the molecule is N#Cc1ccc(-n2cc(CC(=O)Nc3cc(C4CC4)[nH]n3)cn2)cc1. The van der Waals surface area contributed by atoms with Crippen molar-refractivity contribution in [3.05, 3.63) is 59.5 Å². The number of anilines is 1. The fraction of sp³-hybridized carbons (Fsp3) is 0.222. The topological polar surface area (TPSA) is 99.4 Å². The van der Waals surface area contributed by atoms with E-state index in [0.29, 0.717) is 17.3 Å². The van der Waals surface area contributed by atoms with Crippen molar-refractivity contribution >= 4 is 11.7 Å². The van der Waals surface area contributed by atoms with Gasteiger partial charge < -0.3 is 5.32 Å². The summed E-state index contributed by atoms with van der Waals surface area (Å²) in [5.74, 6) is 1.00. The van der Waals surface area contributed by atoms with Crippen molar-refractivity contribution in [2.24, 2.45) is 0 Å². The van der Waals surface area contributed by atoms with Gasteiger partial charge in [0.2, 0.25) is 5.91 Å². The number of nitriles is 1. The Hall–Kier alpha value is -3.40. The summed E-state index contributed by atoms with van der Waals surface area (Å²) in [5, 5.41) is 23.0. The van der Waals surface area contributed by atoms with E-state index in [-0.39, 0.29) is 12.3 Å². The van der Waals surface area contributed by atoms with Crippen LogP contribution in [0.15, 0.2) is 42.7 Å². The lowest BCUT2D eigenvalue weighted by Crippen LogP contribution is -2.14. The van der Waals surface area contributed by atoms with E-state index in [1.807, 2.05) is 18.2 Å². The molecule has 1 aromatic carbocycles. The van der Waals surface area contributed by atoms with Gasteiger partial charge in [-0.05, 0) is 42.7 Å². The van der Waals surface area contributed by atoms with E-state index >= 15 is 0 Å². The Morgan fingerprint density at radius 3 is 2.88 bits per heavy atom. The zero-order chi connectivity index (χ0) is 17.2. The van der Waals surface area contributed by atoms with E-state index in [0.717, 1.165) is 16.9 Å². The minimum atomic E-state index is -0.131. The first kappa shape index (κ1) is 15.1. The predicted octanol–water partition coefficient (Wildman–Crippen LogP) is 2.53. The van der Waals surface area contributed by atoms with Crippen molar-refractivity contribution in [2.45, 2.75) is 25.2 Å². The molecule has 3 aromatic rings. The van der Waals surface area contributed by atoms with Crippen LogP contribution in [0, 0.1) is 11.3 Å². The molecule has 7 nitrogen and oxygen atoms in total. The fourth-order valence-corrected chi connectivity index (χ4v) is 2.66. The van der Waals surface area contributed by atoms with Gasteiger partial charge in [-0.25, -0.2) is 4.68 Å². The lowest BCUT2D eigenvalue weighted by atomic mass is 10.2. The molecule has 2 aromatic heterocycles. The van der Waals surface area contributed by atoms with Gasteiger partial charge in [0.25, 0.3) is 0 Å². The largest absolute Gasteiger partial charge is 0.309 e. The minimum Gasteiger partial charge on any atom is -0.309 e. The second kappa shape index (κ2) is 6.24. The number of hydrogen-bond donors (Lipinski definition) is 2. The number of nitrogens with zero attached hydrogens (tertiary/aromatic N) is 4. The number of aromatic nitrogens is 4. The van der Waals surface area contributed by atoms with Crippen LogP contribution < -0.4 is 5.32 Å². The van der Waals surface area contributed by atoms with Crippen molar-refractivity contribution in [1.82, 2.24) is 20.0 Å². The number of hydrogen-bond acceptors (Lipinski definition) is 4. The Kier molecular flexibility index (Phi) is 3.78. The van der Waals surface area contributed by atoms with E-state index in [4.69, 9.17) is 5.26 Å². The van der Waals surface area contributed by atoms with E-state index in [2.05, 4.69) is 26.7 Å². The molecule has 0 spiro atoms. The molecule has 4 rings (SSSR count). The molecule has 1 fully saturated rings. The number of rotatable bonds is 5. The van der Waals surface area contributed by atoms with E-state index in [1.54, 1.807) is 29.2 Å². The molecule has 0 radical (unpaired) electrons. The standard InChI is InChI=1S/C18H16N6O/c19-9-12-1-5-15(6-2-12)24-11-13(10-20-24)7-18(25)21-17-8-16(22-23-17)14-3-4-14/h1-2,5-6,8,10-11,14H,3-4,7H2,(H2,21,22,23,25). The van der Waals surface area contributed by atoms with Crippen molar-refractivity contribution in [2.75, 3.05) is 5.32 Å². The summed E-state index contributed by atoms with van der Waals surface area (Å²) < 4.78 is 1.68. The summed E-state index contributed by atoms with van der Waals surface area (Å²) in [6.45, 7) is 0. The van der Waals surface area contributed by atoms with Crippen LogP contribution >= 0.6 is 0 Å². The maximum atomic E-state index is 12.2. The molecule has 0 bridgehead atoms. The molecule has 0 atom stereocenters. The molecular weight excluding hydrogens is 316 g/mol. The third-order valence-electron chi connectivity index (χ3n) is 4.14. The molecule has 25 heavy (non-hydrogen) atoms. The van der Waals surface area contributed by atoms with Crippen LogP contribution in [-0.2, 0) is 11.2 Å². The van der Waals surface area contributed by atoms with Gasteiger partial charge in [-0.2, -0.15) is 15.5 Å². The molecule has 2 N–H and O–H groups in total. The van der Waals surface area contributed by atoms with Crippen molar-refractivity contribution in [3.63, 3.8) is 0 Å². The van der Waals surface area contributed by atoms with Gasteiger partial charge >= 0.3 is 0 Å². The summed E-state index contributed by atoms with van der Waals surface area (Å²) in [6.07, 6.45) is 6.06. The molecule has 1 amide bonds. The first-order valence-electron chi connectivity index (χ1n) is 8.10. The smallest absolute Gasteiger partial charge is 0.230 e. The van der Waals surface area contributed by atoms with Gasteiger partial charge in [0.15, 0.2) is 5.82 Å². The highest BCUT2D eigenvalue weighted by atomic mass is 16.1. The van der Waals surface area contributed by atoms with Crippen LogP contribution in [0.3, 0.4) is 0 Å². The number of carbonyl (C=O) groups excluding carboxylic acids is 1. The lowest BCUT2D eigenvalue weighted by molar-refractivity contribution is -0.115. The van der Waals surface area contributed by atoms with Crippen LogP contribution in [-0.4, -0.2) is 25.9 Å². The Morgan fingerprint density at radius 2 is 2.16 bits per heavy atom. The van der Waals surface area contributed by atoms with E-state index in [9.17, 15) is 4.79 Å². The number of benzene rings is 1. The Morgan fingerprint density at radius 1 is 1.36 bits per heavy atom. The number of aromatic amines is 1. The first-order valence-corrected chi connectivity index (χ1v) is 8.10. The van der Waals surface area contributed by atoms with Crippen molar-refractivity contribution in [1.29, 1.82) is 5.26 Å². The monoisotopic (exact) mass is 332 g/mol. The van der Waals surface area contributed by atoms with Crippen LogP contribution in [0.25, 0.3) is 5.69 Å². The molecule has 124 valence electrons. The maximum absolute atomic E-state index is 12.2. The molecular formula is C18H16N6O. The highest BCUT2D eigenvalue weighted by Gasteiger charge is 2.25. The summed E-state index contributed by atoms with van der Waals surface area (Å²) in [5.41, 5.74) is 3.33. The van der Waals surface area contributed by atoms with Crippen LogP contribution in [0.1, 0.15) is 35.6 Å². The van der Waals surface area contributed by atoms with Gasteiger partial charge in [0.1, 0.15) is 0 Å². The molecule has 0 unspecified atom stereocenters. The van der Waals surface area contributed by atoms with Gasteiger partial charge in [0.05, 0.1) is 29.9 Å². The summed E-state index contributed by atoms with van der Waals surface area (Å²) in [7, 11) is 0. The molecule has 1 saturated carbocycles. The molecule has 7 heteroatoms. The number of amides is 1. The fourth-order valence-electron chi connectivity index (χ4n) is 2.66. The zero-order valence-electron chi connectivity index (χ0n) is 13.4. The van der Waals surface area contributed by atoms with Crippen LogP contribution in [0.5, 0.6) is 0 Å². The summed E-state index contributed by atoms with van der Waals surface area (Å²) in [6, 6.07) is 11.1. The Labute approximate surface area is 144 Å². The van der Waals surface area contributed by atoms with E-state index < -0.39 is 0 Å². The Bertz CT molecular complexity index is 943. The molecule has 2 heterocycles. The number of carbonyl (C=O) groups is 1. The molecule has 0 aliphatic heterocycles. The second-order valence-corrected chi connectivity index (χ2v) is 6.16. The number of H-pyrrole nitrogens is 1. The maximum Gasteiger partial charge on any atom is 0.230 e. The van der Waals surface area contributed by atoms with Crippen LogP contribution in [0.2, 0.25) is 0 Å². The van der Waals surface area contributed by atoms with E-state index in [1.165, 1.54) is 12.8 Å². The number of nitrogens with one attached hydrogen (secondary N) is 2. The minimum absolute atomic E-state index is 0.131. The third kappa shape index (κ3) is 3.43. The summed E-state index contributed by atoms with van der Waals surface area (Å²) >= 11 is 0. The van der Waals surface area contributed by atoms with Gasteiger partial charge in [-0.15, -0.1) is 0 Å². The summed E-state index contributed by atoms with van der Waals surface area (Å²) in [4.78, 5) is 12.2. The molecule has 1 aliphatic rings. The van der Waals surface area contributed by atoms with Crippen LogP contribution in [0.4, 0.5) is 5.82 Å². The molecule has 1 aliphatic carbocycles. The van der Waals surface area contributed by atoms with Crippen molar-refractivity contribution in [3.8, 4) is 11.8 Å². The lowest BCUT2D eigenvalue weighted by Gasteiger charge is -2.01. The highest BCUT2D eigenvalue weighted by molar-refractivity contribution is 5.91. The average Bonchev–Trinajstić information content (AvgIpc) is 3.20. The zero-order valence-corrected chi connectivity index (χ0v) is 13.4. The second-order valence-electron chi connectivity index (χ2n) is 6.16. The third-order valence-corrected chi connectivity index (χ3v) is 4.14.